The van der Waals surface area contributed by atoms with Crippen LogP contribution in [0.5, 0.6) is 0 Å². The molecule has 0 aromatic carbocycles. The Morgan fingerprint density at radius 2 is 0.889 bits per heavy atom. The first-order valence-corrected chi connectivity index (χ1v) is 25.8. The number of allylic oxidation sites excluding steroid dienone is 10. The smallest absolute Gasteiger partial charge is 0.306 e. The summed E-state index contributed by atoms with van der Waals surface area (Å²) in [4.78, 5) is 37.0. The number of carbonyl (C=O) groups is 3. The monoisotopic (exact) mass is 884 g/mol. The number of aliphatic carboxylic acids is 1. The number of esters is 2. The molecule has 0 rings (SSSR count). The molecule has 2 unspecified atom stereocenters. The van der Waals surface area contributed by atoms with Gasteiger partial charge in [0.15, 0.2) is 6.10 Å². The van der Waals surface area contributed by atoms with Crippen LogP contribution in [-0.2, 0) is 28.6 Å². The second-order valence-electron chi connectivity index (χ2n) is 18.4. The molecule has 63 heavy (non-hydrogen) atoms. The van der Waals surface area contributed by atoms with E-state index in [1.807, 2.05) is 0 Å². The lowest BCUT2D eigenvalue weighted by molar-refractivity contribution is -0.889. The zero-order valence-corrected chi connectivity index (χ0v) is 41.5. The maximum absolute atomic E-state index is 12.8. The molecule has 0 fully saturated rings. The van der Waals surface area contributed by atoms with Crippen LogP contribution >= 0.6 is 0 Å². The van der Waals surface area contributed by atoms with Crippen LogP contribution in [-0.4, -0.2) is 75.5 Å². The number of unbranched alkanes of at least 4 members (excludes halogenated alkanes) is 22. The number of quaternary nitrogens is 1. The third kappa shape index (κ3) is 44.0. The molecule has 0 saturated heterocycles. The number of ether oxygens (including phenoxy) is 3. The number of carbonyl (C=O) groups excluding carboxylic acids is 3. The summed E-state index contributed by atoms with van der Waals surface area (Å²) < 4.78 is 17.2. The molecule has 0 aliphatic rings. The Kier molecular flexibility index (Phi) is 43.4. The predicted molar refractivity (Wildman–Crippen MR) is 263 cm³/mol. The molecule has 0 aromatic heterocycles. The van der Waals surface area contributed by atoms with Gasteiger partial charge in [-0.2, -0.15) is 0 Å². The zero-order valence-electron chi connectivity index (χ0n) is 41.5. The highest BCUT2D eigenvalue weighted by molar-refractivity contribution is 5.70. The Morgan fingerprint density at radius 3 is 1.33 bits per heavy atom. The van der Waals surface area contributed by atoms with Crippen molar-refractivity contribution in [1.29, 1.82) is 0 Å². The summed E-state index contributed by atoms with van der Waals surface area (Å²) in [6, 6.07) is -0.730. The van der Waals surface area contributed by atoms with E-state index in [9.17, 15) is 19.5 Å². The van der Waals surface area contributed by atoms with E-state index >= 15 is 0 Å². The zero-order chi connectivity index (χ0) is 46.3. The molecule has 8 heteroatoms. The fraction of sp³-hybridized carbons (Fsp3) is 0.764. The van der Waals surface area contributed by atoms with E-state index in [0.29, 0.717) is 12.8 Å². The Balaban J connectivity index is 4.26. The fourth-order valence-corrected chi connectivity index (χ4v) is 7.41. The molecule has 0 aliphatic carbocycles. The van der Waals surface area contributed by atoms with Gasteiger partial charge in [-0.25, -0.2) is 0 Å². The van der Waals surface area contributed by atoms with Crippen LogP contribution in [0.2, 0.25) is 0 Å². The molecule has 0 amide bonds. The van der Waals surface area contributed by atoms with Gasteiger partial charge in [0.05, 0.1) is 40.3 Å². The van der Waals surface area contributed by atoms with Crippen LogP contribution < -0.4 is 5.11 Å². The number of likely N-dealkylation sites (N-methyl/N-ethyl adjacent to an activating group) is 1. The number of nitrogens with zero attached hydrogens (tertiary/aromatic N) is 1. The Bertz CT molecular complexity index is 1210. The summed E-state index contributed by atoms with van der Waals surface area (Å²) in [7, 11) is 5.41. The lowest BCUT2D eigenvalue weighted by atomic mass is 10.1. The second-order valence-corrected chi connectivity index (χ2v) is 18.4. The molecule has 0 spiro atoms. The standard InChI is InChI=1S/C55H97NO7/c1-6-8-10-12-14-16-18-20-22-24-25-26-27-28-30-32-34-36-38-40-42-44-46-54(58)63-51(49-61-48-47-52(55(59)60)56(3,4)5)50-62-53(57)45-43-41-39-37-35-33-31-29-23-21-19-17-15-13-11-9-7-2/h8,10,14,16,20-23,25-26,51-52H,6-7,9,11-13,15,17-19,24,27-50H2,1-5H3/b10-8+,16-14+,22-20+,23-21+,26-25+. The maximum Gasteiger partial charge on any atom is 0.306 e. The third-order valence-corrected chi connectivity index (χ3v) is 11.4. The van der Waals surface area contributed by atoms with E-state index in [4.69, 9.17) is 14.2 Å². The number of hydrogen-bond acceptors (Lipinski definition) is 7. The first-order valence-electron chi connectivity index (χ1n) is 25.8. The van der Waals surface area contributed by atoms with Crippen LogP contribution in [0.4, 0.5) is 0 Å². The summed E-state index contributed by atoms with van der Waals surface area (Å²) in [6.45, 7) is 4.55. The van der Waals surface area contributed by atoms with Gasteiger partial charge in [-0.3, -0.25) is 9.59 Å². The summed E-state index contributed by atoms with van der Waals surface area (Å²) in [5, 5.41) is 11.7. The molecular formula is C55H97NO7. The molecule has 0 aliphatic heterocycles. The molecule has 0 saturated carbocycles. The van der Waals surface area contributed by atoms with Crippen molar-refractivity contribution in [1.82, 2.24) is 0 Å². The molecule has 0 aromatic rings. The van der Waals surface area contributed by atoms with Gasteiger partial charge in [0, 0.05) is 19.3 Å². The third-order valence-electron chi connectivity index (χ3n) is 11.4. The van der Waals surface area contributed by atoms with Crippen LogP contribution in [0.15, 0.2) is 60.8 Å². The van der Waals surface area contributed by atoms with Gasteiger partial charge in [-0.05, 0) is 77.0 Å². The Labute approximate surface area is 388 Å². The van der Waals surface area contributed by atoms with E-state index in [1.165, 1.54) is 116 Å². The molecule has 0 radical (unpaired) electrons. The Hall–Kier alpha value is -2.97. The average Bonchev–Trinajstić information content (AvgIpc) is 3.24. The number of carboxylic acids is 1. The van der Waals surface area contributed by atoms with Gasteiger partial charge in [0.2, 0.25) is 0 Å². The van der Waals surface area contributed by atoms with Crippen molar-refractivity contribution in [2.75, 3.05) is 41.0 Å². The number of hydrogen-bond donors (Lipinski definition) is 0. The van der Waals surface area contributed by atoms with Crippen molar-refractivity contribution in [2.45, 2.75) is 231 Å². The Morgan fingerprint density at radius 1 is 0.492 bits per heavy atom. The van der Waals surface area contributed by atoms with E-state index in [-0.39, 0.29) is 42.7 Å². The number of rotatable bonds is 46. The van der Waals surface area contributed by atoms with E-state index in [2.05, 4.69) is 74.6 Å². The molecule has 364 valence electrons. The quantitative estimate of drug-likeness (QED) is 0.0260. The molecule has 0 N–H and O–H groups in total. The van der Waals surface area contributed by atoms with Gasteiger partial charge in [-0.15, -0.1) is 0 Å². The molecule has 0 bridgehead atoms. The van der Waals surface area contributed by atoms with Gasteiger partial charge in [0.1, 0.15) is 12.6 Å². The van der Waals surface area contributed by atoms with Crippen molar-refractivity contribution in [3.63, 3.8) is 0 Å². The van der Waals surface area contributed by atoms with Crippen molar-refractivity contribution in [3.8, 4) is 0 Å². The molecule has 0 heterocycles. The van der Waals surface area contributed by atoms with Crippen molar-refractivity contribution < 1.29 is 38.2 Å². The first-order chi connectivity index (χ1) is 30.6. The highest BCUT2D eigenvalue weighted by Crippen LogP contribution is 2.15. The average molecular weight is 884 g/mol. The highest BCUT2D eigenvalue weighted by Gasteiger charge is 2.25. The molecular weight excluding hydrogens is 787 g/mol. The lowest BCUT2D eigenvalue weighted by Crippen LogP contribution is -2.55. The summed E-state index contributed by atoms with van der Waals surface area (Å²) >= 11 is 0. The SMILES string of the molecule is CC/C=C/C/C=C/C/C=C/C/C=C/CCCCCCCCCCCC(=O)OC(COCCC(C(=O)[O-])[N+](C)(C)C)COC(=O)CCCCCCCCC/C=C/CCCCCCCC. The lowest BCUT2D eigenvalue weighted by Gasteiger charge is -2.34. The van der Waals surface area contributed by atoms with E-state index in [0.717, 1.165) is 70.6 Å². The minimum absolute atomic E-state index is 0.0360. The van der Waals surface area contributed by atoms with Crippen molar-refractivity contribution >= 4 is 17.9 Å². The predicted octanol–water partition coefficient (Wildman–Crippen LogP) is 13.6. The summed E-state index contributed by atoms with van der Waals surface area (Å²) in [5.74, 6) is -1.74. The van der Waals surface area contributed by atoms with E-state index in [1.54, 1.807) is 21.1 Å². The summed E-state index contributed by atoms with van der Waals surface area (Å²) in [5.41, 5.74) is 0. The van der Waals surface area contributed by atoms with Crippen LogP contribution in [0.3, 0.4) is 0 Å². The van der Waals surface area contributed by atoms with Crippen LogP contribution in [0.1, 0.15) is 219 Å². The number of carboxylic acid groups (broad SMARTS) is 1. The minimum atomic E-state index is -1.13. The highest BCUT2D eigenvalue weighted by atomic mass is 16.6. The maximum atomic E-state index is 12.8. The van der Waals surface area contributed by atoms with Crippen molar-refractivity contribution in [2.24, 2.45) is 0 Å². The van der Waals surface area contributed by atoms with E-state index < -0.39 is 18.1 Å². The van der Waals surface area contributed by atoms with Crippen LogP contribution in [0, 0.1) is 0 Å². The first kappa shape index (κ1) is 60.0. The second kappa shape index (κ2) is 45.6. The topological polar surface area (TPSA) is 102 Å². The van der Waals surface area contributed by atoms with Crippen molar-refractivity contribution in [3.05, 3.63) is 60.8 Å². The molecule has 8 nitrogen and oxygen atoms in total. The van der Waals surface area contributed by atoms with Crippen LogP contribution in [0.25, 0.3) is 0 Å². The van der Waals surface area contributed by atoms with Gasteiger partial charge >= 0.3 is 11.9 Å². The largest absolute Gasteiger partial charge is 0.544 e. The normalized spacial score (nSPS) is 13.3. The molecule has 2 atom stereocenters. The summed E-state index contributed by atoms with van der Waals surface area (Å²) in [6.07, 6.45) is 56.7. The minimum Gasteiger partial charge on any atom is -0.544 e. The van der Waals surface area contributed by atoms with Gasteiger partial charge in [-0.1, -0.05) is 184 Å². The fourth-order valence-electron chi connectivity index (χ4n) is 7.41. The van der Waals surface area contributed by atoms with Gasteiger partial charge in [0.25, 0.3) is 0 Å². The van der Waals surface area contributed by atoms with Gasteiger partial charge < -0.3 is 28.6 Å².